The van der Waals surface area contributed by atoms with E-state index in [1.54, 1.807) is 0 Å². The molecule has 3 atom stereocenters. The molecule has 5 N–H and O–H groups in total. The maximum Gasteiger partial charge on any atom is 0.271 e. The van der Waals surface area contributed by atoms with E-state index in [9.17, 15) is 28.2 Å². The van der Waals surface area contributed by atoms with Crippen LogP contribution in [0.5, 0.6) is 0 Å². The van der Waals surface area contributed by atoms with Crippen molar-refractivity contribution in [3.8, 4) is 0 Å². The average Bonchev–Trinajstić information content (AvgIpc) is 3.18. The summed E-state index contributed by atoms with van der Waals surface area (Å²) in [4.78, 5) is 28.8. The zero-order chi connectivity index (χ0) is 24.6. The highest BCUT2D eigenvalue weighted by atomic mass is 32.2. The Morgan fingerprint density at radius 2 is 1.82 bits per heavy atom. The lowest BCUT2D eigenvalue weighted by Gasteiger charge is -2.28. The molecule has 33 heavy (non-hydrogen) atoms. The molecule has 0 aliphatic carbocycles. The van der Waals surface area contributed by atoms with Gasteiger partial charge in [0.25, 0.3) is 5.91 Å². The Kier molecular flexibility index (Phi) is 9.77. The number of thiazole rings is 1. The minimum atomic E-state index is -3.53. The number of rotatable bonds is 12. The van der Waals surface area contributed by atoms with E-state index in [0.717, 1.165) is 23.2 Å². The molecule has 10 nitrogen and oxygen atoms in total. The molecule has 0 radical (unpaired) electrons. The molecule has 2 amide bonds. The Labute approximate surface area is 197 Å². The van der Waals surface area contributed by atoms with Crippen molar-refractivity contribution in [1.29, 1.82) is 0 Å². The van der Waals surface area contributed by atoms with Crippen molar-refractivity contribution in [2.24, 2.45) is 5.92 Å². The molecule has 0 fully saturated rings. The van der Waals surface area contributed by atoms with E-state index in [0.29, 0.717) is 13.0 Å². The van der Waals surface area contributed by atoms with Crippen LogP contribution in [0.1, 0.15) is 42.7 Å². The Bertz CT molecular complexity index is 1030. The van der Waals surface area contributed by atoms with Crippen LogP contribution in [0.25, 0.3) is 0 Å². The number of aliphatic hydroxyl groups is 2. The van der Waals surface area contributed by atoms with Crippen LogP contribution in [0, 0.1) is 5.92 Å². The monoisotopic (exact) mass is 498 g/mol. The third-order valence-corrected chi connectivity index (χ3v) is 6.04. The number of hydrogen-bond acceptors (Lipinski definition) is 8. The molecule has 12 heteroatoms. The number of sulfonamides is 1. The Morgan fingerprint density at radius 1 is 1.15 bits per heavy atom. The summed E-state index contributed by atoms with van der Waals surface area (Å²) in [5.41, 5.74) is 0.876. The summed E-state index contributed by atoms with van der Waals surface area (Å²) < 4.78 is 24.8. The zero-order valence-electron chi connectivity index (χ0n) is 18.7. The largest absolute Gasteiger partial charge is 0.390 e. The fourth-order valence-electron chi connectivity index (χ4n) is 3.06. The molecular formula is C21H30N4O6S2. The highest BCUT2D eigenvalue weighted by Gasteiger charge is 2.30. The van der Waals surface area contributed by atoms with Crippen molar-refractivity contribution in [3.63, 3.8) is 0 Å². The van der Waals surface area contributed by atoms with Crippen molar-refractivity contribution >= 4 is 38.3 Å². The summed E-state index contributed by atoms with van der Waals surface area (Å²) >= 11 is 0.945. The fraction of sp³-hybridized carbons (Fsp3) is 0.476. The van der Waals surface area contributed by atoms with E-state index >= 15 is 0 Å². The first kappa shape index (κ1) is 26.7. The van der Waals surface area contributed by atoms with Gasteiger partial charge >= 0.3 is 0 Å². The van der Waals surface area contributed by atoms with Gasteiger partial charge in [-0.25, -0.2) is 13.4 Å². The topological polar surface area (TPSA) is 158 Å². The normalized spacial score (nSPS) is 14.4. The Balaban J connectivity index is 1.97. The van der Waals surface area contributed by atoms with Crippen LogP contribution in [-0.2, 0) is 21.4 Å². The minimum Gasteiger partial charge on any atom is -0.390 e. The van der Waals surface area contributed by atoms with Gasteiger partial charge in [0.1, 0.15) is 11.8 Å². The highest BCUT2D eigenvalue weighted by molar-refractivity contribution is 7.92. The molecule has 0 saturated carbocycles. The molecule has 0 aliphatic rings. The van der Waals surface area contributed by atoms with Gasteiger partial charge in [-0.15, -0.1) is 11.3 Å². The third kappa shape index (κ3) is 9.46. The molecule has 1 aromatic heterocycles. The molecule has 0 spiro atoms. The maximum atomic E-state index is 12.6. The number of aromatic nitrogens is 1. The van der Waals surface area contributed by atoms with Crippen LogP contribution in [0.2, 0.25) is 0 Å². The second kappa shape index (κ2) is 12.1. The molecule has 2 aromatic rings. The summed E-state index contributed by atoms with van der Waals surface area (Å²) in [5, 5.41) is 27.8. The Morgan fingerprint density at radius 3 is 2.42 bits per heavy atom. The zero-order valence-corrected chi connectivity index (χ0v) is 20.3. The smallest absolute Gasteiger partial charge is 0.271 e. The SMILES string of the molecule is CC(C)CC(NC(=O)c1csc(NS(C)(=O)=O)n1)C(O)C(O)CC(=O)NCc1ccccc1. The number of aliphatic hydroxyl groups excluding tert-OH is 2. The van der Waals surface area contributed by atoms with E-state index < -0.39 is 40.1 Å². The molecule has 1 heterocycles. The van der Waals surface area contributed by atoms with Crippen LogP contribution in [0.4, 0.5) is 5.13 Å². The lowest BCUT2D eigenvalue weighted by molar-refractivity contribution is -0.125. The van der Waals surface area contributed by atoms with Crippen molar-refractivity contribution < 1.29 is 28.2 Å². The summed E-state index contributed by atoms with van der Waals surface area (Å²) in [6, 6.07) is 8.43. The Hall–Kier alpha value is -2.54. The van der Waals surface area contributed by atoms with E-state index in [4.69, 9.17) is 0 Å². The van der Waals surface area contributed by atoms with Crippen LogP contribution in [0.15, 0.2) is 35.7 Å². The molecule has 0 aliphatic heterocycles. The maximum absolute atomic E-state index is 12.6. The number of hydrogen-bond donors (Lipinski definition) is 5. The second-order valence-corrected chi connectivity index (χ2v) is 10.8. The van der Waals surface area contributed by atoms with E-state index in [1.807, 2.05) is 44.2 Å². The van der Waals surface area contributed by atoms with Gasteiger partial charge < -0.3 is 20.8 Å². The molecule has 2 rings (SSSR count). The second-order valence-electron chi connectivity index (χ2n) is 8.15. The number of carbonyl (C=O) groups excluding carboxylic acids is 2. The van der Waals surface area contributed by atoms with Crippen molar-refractivity contribution in [1.82, 2.24) is 15.6 Å². The van der Waals surface area contributed by atoms with Gasteiger partial charge in [-0.05, 0) is 17.9 Å². The quantitative estimate of drug-likeness (QED) is 0.293. The molecule has 182 valence electrons. The molecule has 1 aromatic carbocycles. The van der Waals surface area contributed by atoms with E-state index in [-0.39, 0.29) is 23.2 Å². The molecule has 0 saturated heterocycles. The first-order chi connectivity index (χ1) is 15.4. The molecule has 0 bridgehead atoms. The van der Waals surface area contributed by atoms with E-state index in [1.165, 1.54) is 5.38 Å². The van der Waals surface area contributed by atoms with Crippen molar-refractivity contribution in [3.05, 3.63) is 47.0 Å². The van der Waals surface area contributed by atoms with Crippen LogP contribution < -0.4 is 15.4 Å². The lowest BCUT2D eigenvalue weighted by atomic mass is 9.94. The van der Waals surface area contributed by atoms with Gasteiger partial charge in [0, 0.05) is 11.9 Å². The van der Waals surface area contributed by atoms with Crippen LogP contribution >= 0.6 is 11.3 Å². The van der Waals surface area contributed by atoms with Crippen molar-refractivity contribution in [2.75, 3.05) is 11.0 Å². The summed E-state index contributed by atoms with van der Waals surface area (Å²) in [7, 11) is -3.53. The van der Waals surface area contributed by atoms with Gasteiger partial charge in [0.15, 0.2) is 5.13 Å². The van der Waals surface area contributed by atoms with Crippen LogP contribution in [-0.4, -0.2) is 59.9 Å². The van der Waals surface area contributed by atoms with Gasteiger partial charge in [-0.3, -0.25) is 14.3 Å². The van der Waals surface area contributed by atoms with E-state index in [2.05, 4.69) is 20.3 Å². The minimum absolute atomic E-state index is 0.0257. The number of nitrogens with zero attached hydrogens (tertiary/aromatic N) is 1. The van der Waals surface area contributed by atoms with Gasteiger partial charge in [0.05, 0.1) is 24.8 Å². The standard InChI is InChI=1S/C21H30N4O6S2/c1-13(2)9-15(23-20(29)16-12-32-21(24-16)25-33(3,30)31)19(28)17(26)10-18(27)22-11-14-7-5-4-6-8-14/h4-8,12-13,15,17,19,26,28H,9-11H2,1-3H3,(H,22,27)(H,23,29)(H,24,25). The van der Waals surface area contributed by atoms with Gasteiger partial charge in [0.2, 0.25) is 15.9 Å². The number of nitrogens with one attached hydrogen (secondary N) is 3. The summed E-state index contributed by atoms with van der Waals surface area (Å²) in [6.45, 7) is 4.08. The first-order valence-electron chi connectivity index (χ1n) is 10.4. The summed E-state index contributed by atoms with van der Waals surface area (Å²) in [5.74, 6) is -0.990. The predicted molar refractivity (Wildman–Crippen MR) is 126 cm³/mol. The molecular weight excluding hydrogens is 468 g/mol. The number of carbonyl (C=O) groups is 2. The lowest BCUT2D eigenvalue weighted by Crippen LogP contribution is -2.50. The van der Waals surface area contributed by atoms with Gasteiger partial charge in [-0.1, -0.05) is 44.2 Å². The van der Waals surface area contributed by atoms with Crippen molar-refractivity contribution in [2.45, 2.75) is 51.5 Å². The predicted octanol–water partition coefficient (Wildman–Crippen LogP) is 1.09. The fourth-order valence-corrected chi connectivity index (χ4v) is 4.61. The summed E-state index contributed by atoms with van der Waals surface area (Å²) in [6.07, 6.45) is -1.82. The average molecular weight is 499 g/mol. The highest BCUT2D eigenvalue weighted by Crippen LogP contribution is 2.18. The molecule has 3 unspecified atom stereocenters. The number of benzene rings is 1. The van der Waals surface area contributed by atoms with Crippen LogP contribution in [0.3, 0.4) is 0 Å². The first-order valence-corrected chi connectivity index (χ1v) is 13.1. The number of anilines is 1. The third-order valence-electron chi connectivity index (χ3n) is 4.58. The van der Waals surface area contributed by atoms with Gasteiger partial charge in [-0.2, -0.15) is 0 Å². The number of amides is 2.